The van der Waals surface area contributed by atoms with E-state index in [-0.39, 0.29) is 0 Å². The minimum Gasteiger partial charge on any atom is -0.0625 e. The summed E-state index contributed by atoms with van der Waals surface area (Å²) in [6, 6.07) is 0. The van der Waals surface area contributed by atoms with Crippen molar-refractivity contribution in [2.75, 3.05) is 0 Å². The third-order valence-corrected chi connectivity index (χ3v) is 5.89. The summed E-state index contributed by atoms with van der Waals surface area (Å²) in [6.45, 7) is 2.48. The van der Waals surface area contributed by atoms with Crippen LogP contribution in [0.15, 0.2) is 0 Å². The lowest BCUT2D eigenvalue weighted by molar-refractivity contribution is 0.429. The first-order valence-corrected chi connectivity index (χ1v) is 11.4. The van der Waals surface area contributed by atoms with Crippen LogP contribution in [0.4, 0.5) is 0 Å². The highest BCUT2D eigenvalue weighted by Crippen LogP contribution is 2.19. The smallest absolute Gasteiger partial charge is 0.0443 e. The summed E-state index contributed by atoms with van der Waals surface area (Å²) in [7, 11) is 0. The van der Waals surface area contributed by atoms with Gasteiger partial charge in [0.2, 0.25) is 0 Å². The second-order valence-electron chi connectivity index (χ2n) is 8.40. The van der Waals surface area contributed by atoms with Crippen molar-refractivity contribution in [1.29, 1.82) is 0 Å². The summed E-state index contributed by atoms with van der Waals surface area (Å²) in [5.41, 5.74) is 0. The quantitative estimate of drug-likeness (QED) is 0.418. The molecule has 0 bridgehead atoms. The van der Waals surface area contributed by atoms with Gasteiger partial charge in [-0.15, -0.1) is 0 Å². The van der Waals surface area contributed by atoms with Crippen molar-refractivity contribution < 1.29 is 0 Å². The molecule has 0 amide bonds. The molecule has 138 valence electrons. The van der Waals surface area contributed by atoms with Crippen LogP contribution in [0, 0.1) is 5.92 Å². The first-order chi connectivity index (χ1) is 11.4. The first kappa shape index (κ1) is 21.0. The second-order valence-corrected chi connectivity index (χ2v) is 8.40. The molecule has 0 aromatic rings. The van der Waals surface area contributed by atoms with Gasteiger partial charge in [0.1, 0.15) is 0 Å². The Morgan fingerprint density at radius 3 is 0.696 bits per heavy atom. The van der Waals surface area contributed by atoms with Gasteiger partial charge in [-0.05, 0) is 5.92 Å². The molecule has 23 heavy (non-hydrogen) atoms. The van der Waals surface area contributed by atoms with E-state index in [1.807, 2.05) is 0 Å². The van der Waals surface area contributed by atoms with Gasteiger partial charge in [-0.3, -0.25) is 0 Å². The molecule has 0 aromatic carbocycles. The number of rotatable bonds is 0. The second kappa shape index (κ2) is 16.8. The predicted molar refractivity (Wildman–Crippen MR) is 106 cm³/mol. The third kappa shape index (κ3) is 15.3. The van der Waals surface area contributed by atoms with Crippen LogP contribution < -0.4 is 0 Å². The van der Waals surface area contributed by atoms with Crippen LogP contribution in [0.5, 0.6) is 0 Å². The Balaban J connectivity index is 2.07. The normalized spacial score (nSPS) is 24.4. The summed E-state index contributed by atoms with van der Waals surface area (Å²) in [4.78, 5) is 0. The average molecular weight is 323 g/mol. The lowest BCUT2D eigenvalue weighted by atomic mass is 9.95. The van der Waals surface area contributed by atoms with Gasteiger partial charge < -0.3 is 0 Å². The molecule has 0 spiro atoms. The monoisotopic (exact) mass is 322 g/mol. The standard InChI is InChI=1S/C23H46/c1-23-21-19-17-15-13-11-9-7-5-3-2-4-6-8-10-12-14-16-18-20-22-23/h23H,2-22H2,1H3. The summed E-state index contributed by atoms with van der Waals surface area (Å²) >= 11 is 0. The number of hydrogen-bond donors (Lipinski definition) is 0. The highest BCUT2D eigenvalue weighted by Gasteiger charge is 2.02. The molecule has 1 aliphatic carbocycles. The Labute approximate surface area is 148 Å². The third-order valence-electron chi connectivity index (χ3n) is 5.89. The lowest BCUT2D eigenvalue weighted by Gasteiger charge is -2.11. The maximum Gasteiger partial charge on any atom is -0.0443 e. The van der Waals surface area contributed by atoms with Crippen molar-refractivity contribution in [3.63, 3.8) is 0 Å². The van der Waals surface area contributed by atoms with Crippen molar-refractivity contribution in [3.8, 4) is 0 Å². The molecule has 0 N–H and O–H groups in total. The molecule has 0 unspecified atom stereocenters. The molecule has 0 heterocycles. The van der Waals surface area contributed by atoms with Crippen LogP contribution in [-0.2, 0) is 0 Å². The molecule has 1 rings (SSSR count). The maximum atomic E-state index is 2.48. The van der Waals surface area contributed by atoms with Crippen molar-refractivity contribution in [3.05, 3.63) is 0 Å². The average Bonchev–Trinajstić information content (AvgIpc) is 2.55. The fraction of sp³-hybridized carbons (Fsp3) is 1.00. The Morgan fingerprint density at radius 1 is 0.304 bits per heavy atom. The Hall–Kier alpha value is 0. The van der Waals surface area contributed by atoms with Gasteiger partial charge in [0.15, 0.2) is 0 Å². The van der Waals surface area contributed by atoms with E-state index >= 15 is 0 Å². The van der Waals surface area contributed by atoms with Crippen LogP contribution in [0.2, 0.25) is 0 Å². The summed E-state index contributed by atoms with van der Waals surface area (Å²) in [5, 5.41) is 0. The molecule has 1 saturated carbocycles. The van der Waals surface area contributed by atoms with Crippen molar-refractivity contribution >= 4 is 0 Å². The van der Waals surface area contributed by atoms with Gasteiger partial charge in [-0.2, -0.15) is 0 Å². The van der Waals surface area contributed by atoms with Crippen LogP contribution >= 0.6 is 0 Å². The minimum atomic E-state index is 0.979. The zero-order valence-corrected chi connectivity index (χ0v) is 16.4. The molecule has 0 atom stereocenters. The molecule has 0 nitrogen and oxygen atoms in total. The Bertz CT molecular complexity index is 198. The zero-order valence-electron chi connectivity index (χ0n) is 16.4. The van der Waals surface area contributed by atoms with Gasteiger partial charge in [-0.25, -0.2) is 0 Å². The summed E-state index contributed by atoms with van der Waals surface area (Å²) in [6.07, 6.45) is 31.4. The molecular formula is C23H46. The topological polar surface area (TPSA) is 0 Å². The van der Waals surface area contributed by atoms with E-state index < -0.39 is 0 Å². The molecular weight excluding hydrogens is 276 g/mol. The molecule has 1 aliphatic rings. The first-order valence-electron chi connectivity index (χ1n) is 11.4. The van der Waals surface area contributed by atoms with Gasteiger partial charge in [0.25, 0.3) is 0 Å². The van der Waals surface area contributed by atoms with Gasteiger partial charge in [0.05, 0.1) is 0 Å². The van der Waals surface area contributed by atoms with E-state index in [0.717, 1.165) is 5.92 Å². The molecule has 1 fully saturated rings. The predicted octanol–water partition coefficient (Wildman–Crippen LogP) is 8.83. The van der Waals surface area contributed by atoms with E-state index in [1.54, 1.807) is 0 Å². The fourth-order valence-corrected chi connectivity index (χ4v) is 4.14. The van der Waals surface area contributed by atoms with E-state index in [2.05, 4.69) is 6.92 Å². The highest BCUT2D eigenvalue weighted by atomic mass is 14.1. The van der Waals surface area contributed by atoms with Crippen molar-refractivity contribution in [2.45, 2.75) is 142 Å². The summed E-state index contributed by atoms with van der Waals surface area (Å²) in [5.74, 6) is 0.979. The van der Waals surface area contributed by atoms with Gasteiger partial charge in [0, 0.05) is 0 Å². The van der Waals surface area contributed by atoms with E-state index in [0.29, 0.717) is 0 Å². The van der Waals surface area contributed by atoms with Crippen LogP contribution in [-0.4, -0.2) is 0 Å². The largest absolute Gasteiger partial charge is 0.0625 e. The fourth-order valence-electron chi connectivity index (χ4n) is 4.14. The van der Waals surface area contributed by atoms with Crippen molar-refractivity contribution in [2.24, 2.45) is 5.92 Å². The molecule has 0 radical (unpaired) electrons. The Kier molecular flexibility index (Phi) is 15.4. The van der Waals surface area contributed by atoms with Gasteiger partial charge in [-0.1, -0.05) is 142 Å². The van der Waals surface area contributed by atoms with E-state index in [9.17, 15) is 0 Å². The Morgan fingerprint density at radius 2 is 0.478 bits per heavy atom. The SMILES string of the molecule is CC1CCCCCCCCCCCCCCCCCCCCC1. The van der Waals surface area contributed by atoms with Crippen LogP contribution in [0.1, 0.15) is 142 Å². The molecule has 0 aromatic heterocycles. The van der Waals surface area contributed by atoms with Gasteiger partial charge >= 0.3 is 0 Å². The number of hydrogen-bond acceptors (Lipinski definition) is 0. The van der Waals surface area contributed by atoms with E-state index in [4.69, 9.17) is 0 Å². The highest BCUT2D eigenvalue weighted by molar-refractivity contribution is 4.56. The van der Waals surface area contributed by atoms with E-state index in [1.165, 1.54) is 135 Å². The molecule has 0 heteroatoms. The zero-order chi connectivity index (χ0) is 16.4. The molecule has 0 saturated heterocycles. The molecule has 0 aliphatic heterocycles. The van der Waals surface area contributed by atoms with Crippen LogP contribution in [0.3, 0.4) is 0 Å². The summed E-state index contributed by atoms with van der Waals surface area (Å²) < 4.78 is 0. The maximum absolute atomic E-state index is 2.48. The minimum absolute atomic E-state index is 0.979. The van der Waals surface area contributed by atoms with Crippen molar-refractivity contribution in [1.82, 2.24) is 0 Å². The van der Waals surface area contributed by atoms with Crippen LogP contribution in [0.25, 0.3) is 0 Å². The lowest BCUT2D eigenvalue weighted by Crippen LogP contribution is -1.95.